The van der Waals surface area contributed by atoms with Crippen LogP contribution >= 0.6 is 11.3 Å². The molecule has 2 heterocycles. The fourth-order valence-electron chi connectivity index (χ4n) is 2.82. The maximum atomic E-state index is 12.1. The predicted molar refractivity (Wildman–Crippen MR) is 98.4 cm³/mol. The molecule has 0 atom stereocenters. The standard InChI is InChI=1S/C18H23N3O3S/c1-23-15-7-3-4-8-16(15)24-12-17(22)20-18-19-14(13-25-18)11-21-9-5-2-6-10-21/h3-4,7-8,13H,2,5-6,9-12H2,1H3,(H,19,20,22). The number of aromatic nitrogens is 1. The van der Waals surface area contributed by atoms with Gasteiger partial charge in [0.05, 0.1) is 12.8 Å². The van der Waals surface area contributed by atoms with Crippen LogP contribution in [0.25, 0.3) is 0 Å². The number of likely N-dealkylation sites (tertiary alicyclic amines) is 1. The quantitative estimate of drug-likeness (QED) is 0.821. The molecule has 0 spiro atoms. The Morgan fingerprint density at radius 1 is 1.24 bits per heavy atom. The van der Waals surface area contributed by atoms with Gasteiger partial charge in [-0.05, 0) is 38.1 Å². The number of nitrogens with one attached hydrogen (secondary N) is 1. The molecule has 1 aliphatic heterocycles. The summed E-state index contributed by atoms with van der Waals surface area (Å²) >= 11 is 1.45. The Morgan fingerprint density at radius 3 is 2.76 bits per heavy atom. The van der Waals surface area contributed by atoms with Crippen molar-refractivity contribution in [2.75, 3.05) is 32.1 Å². The van der Waals surface area contributed by atoms with Crippen LogP contribution in [0.4, 0.5) is 5.13 Å². The molecule has 1 aromatic heterocycles. The van der Waals surface area contributed by atoms with Crippen LogP contribution in [0.3, 0.4) is 0 Å². The topological polar surface area (TPSA) is 63.7 Å². The van der Waals surface area contributed by atoms with Crippen LogP contribution < -0.4 is 14.8 Å². The molecular weight excluding hydrogens is 338 g/mol. The lowest BCUT2D eigenvalue weighted by molar-refractivity contribution is -0.118. The van der Waals surface area contributed by atoms with Gasteiger partial charge in [0.15, 0.2) is 23.2 Å². The van der Waals surface area contributed by atoms with Gasteiger partial charge in [-0.3, -0.25) is 15.0 Å². The molecule has 6 nitrogen and oxygen atoms in total. The number of hydrogen-bond acceptors (Lipinski definition) is 6. The Labute approximate surface area is 151 Å². The van der Waals surface area contributed by atoms with E-state index in [1.165, 1.54) is 30.6 Å². The van der Waals surface area contributed by atoms with E-state index in [1.54, 1.807) is 19.2 Å². The van der Waals surface area contributed by atoms with Crippen molar-refractivity contribution in [3.8, 4) is 11.5 Å². The van der Waals surface area contributed by atoms with E-state index in [-0.39, 0.29) is 12.5 Å². The van der Waals surface area contributed by atoms with Crippen molar-refractivity contribution in [2.24, 2.45) is 0 Å². The van der Waals surface area contributed by atoms with Gasteiger partial charge < -0.3 is 9.47 Å². The largest absolute Gasteiger partial charge is 0.493 e. The molecule has 2 aromatic rings. The minimum atomic E-state index is -0.232. The molecule has 0 aliphatic carbocycles. The van der Waals surface area contributed by atoms with E-state index in [4.69, 9.17) is 9.47 Å². The maximum Gasteiger partial charge on any atom is 0.264 e. The normalized spacial score (nSPS) is 14.9. The summed E-state index contributed by atoms with van der Waals surface area (Å²) in [4.78, 5) is 19.0. The molecule has 1 amide bonds. The Bertz CT molecular complexity index is 698. The number of carbonyl (C=O) groups is 1. The van der Waals surface area contributed by atoms with Gasteiger partial charge in [-0.15, -0.1) is 11.3 Å². The first-order chi connectivity index (χ1) is 12.2. The monoisotopic (exact) mass is 361 g/mol. The van der Waals surface area contributed by atoms with E-state index in [1.807, 2.05) is 17.5 Å². The van der Waals surface area contributed by atoms with E-state index >= 15 is 0 Å². The van der Waals surface area contributed by atoms with Crippen molar-refractivity contribution in [1.82, 2.24) is 9.88 Å². The van der Waals surface area contributed by atoms with Crippen molar-refractivity contribution in [2.45, 2.75) is 25.8 Å². The number of ether oxygens (including phenoxy) is 2. The van der Waals surface area contributed by atoms with Crippen LogP contribution in [0.15, 0.2) is 29.6 Å². The number of thiazole rings is 1. The lowest BCUT2D eigenvalue weighted by Gasteiger charge is -2.25. The summed E-state index contributed by atoms with van der Waals surface area (Å²) in [6.07, 6.45) is 3.84. The van der Waals surface area contributed by atoms with Crippen molar-refractivity contribution in [1.29, 1.82) is 0 Å². The highest BCUT2D eigenvalue weighted by molar-refractivity contribution is 7.13. The molecule has 0 radical (unpaired) electrons. The van der Waals surface area contributed by atoms with E-state index in [9.17, 15) is 4.79 Å². The van der Waals surface area contributed by atoms with Crippen molar-refractivity contribution in [3.63, 3.8) is 0 Å². The number of nitrogens with zero attached hydrogens (tertiary/aromatic N) is 2. The lowest BCUT2D eigenvalue weighted by Crippen LogP contribution is -2.29. The minimum absolute atomic E-state index is 0.0819. The number of anilines is 1. The van der Waals surface area contributed by atoms with Crippen LogP contribution in [0.2, 0.25) is 0 Å². The van der Waals surface area contributed by atoms with Crippen molar-refractivity contribution in [3.05, 3.63) is 35.3 Å². The number of benzene rings is 1. The van der Waals surface area contributed by atoms with Gasteiger partial charge in [-0.1, -0.05) is 18.6 Å². The van der Waals surface area contributed by atoms with Gasteiger partial charge in [0.2, 0.25) is 0 Å². The van der Waals surface area contributed by atoms with E-state index in [0.717, 1.165) is 25.3 Å². The first-order valence-corrected chi connectivity index (χ1v) is 9.35. The third kappa shape index (κ3) is 5.17. The number of methoxy groups -OCH3 is 1. The second-order valence-electron chi connectivity index (χ2n) is 5.97. The molecule has 134 valence electrons. The molecule has 0 saturated carbocycles. The molecule has 1 aliphatic rings. The Kier molecular flexibility index (Phi) is 6.25. The Morgan fingerprint density at radius 2 is 2.00 bits per heavy atom. The van der Waals surface area contributed by atoms with Gasteiger partial charge >= 0.3 is 0 Å². The van der Waals surface area contributed by atoms with E-state index in [2.05, 4.69) is 15.2 Å². The first kappa shape index (κ1) is 17.7. The van der Waals surface area contributed by atoms with Gasteiger partial charge in [-0.25, -0.2) is 4.98 Å². The van der Waals surface area contributed by atoms with Gasteiger partial charge in [0, 0.05) is 11.9 Å². The molecule has 1 saturated heterocycles. The molecule has 1 fully saturated rings. The molecule has 0 unspecified atom stereocenters. The predicted octanol–water partition coefficient (Wildman–Crippen LogP) is 3.16. The fourth-order valence-corrected chi connectivity index (χ4v) is 3.54. The Balaban J connectivity index is 1.48. The number of hydrogen-bond donors (Lipinski definition) is 1. The van der Waals surface area contributed by atoms with Crippen molar-refractivity contribution >= 4 is 22.4 Å². The summed E-state index contributed by atoms with van der Waals surface area (Å²) in [5, 5.41) is 5.41. The summed E-state index contributed by atoms with van der Waals surface area (Å²) in [5.74, 6) is 0.920. The zero-order chi connectivity index (χ0) is 17.5. The Hall–Kier alpha value is -2.12. The fraction of sp³-hybridized carbons (Fsp3) is 0.444. The minimum Gasteiger partial charge on any atom is -0.493 e. The van der Waals surface area contributed by atoms with Crippen LogP contribution in [0.5, 0.6) is 11.5 Å². The highest BCUT2D eigenvalue weighted by Crippen LogP contribution is 2.25. The second-order valence-corrected chi connectivity index (χ2v) is 6.83. The van der Waals surface area contributed by atoms with Crippen LogP contribution in [-0.2, 0) is 11.3 Å². The zero-order valence-corrected chi connectivity index (χ0v) is 15.2. The molecule has 25 heavy (non-hydrogen) atoms. The molecule has 7 heteroatoms. The van der Waals surface area contributed by atoms with Crippen LogP contribution in [-0.4, -0.2) is 42.6 Å². The van der Waals surface area contributed by atoms with Gasteiger partial charge in [-0.2, -0.15) is 0 Å². The average molecular weight is 361 g/mol. The van der Waals surface area contributed by atoms with Gasteiger partial charge in [0.25, 0.3) is 5.91 Å². The van der Waals surface area contributed by atoms with E-state index < -0.39 is 0 Å². The number of rotatable bonds is 7. The third-order valence-electron chi connectivity index (χ3n) is 4.06. The molecule has 1 aromatic carbocycles. The summed E-state index contributed by atoms with van der Waals surface area (Å²) in [5.41, 5.74) is 1.01. The summed E-state index contributed by atoms with van der Waals surface area (Å²) in [6.45, 7) is 3.03. The maximum absolute atomic E-state index is 12.1. The molecule has 1 N–H and O–H groups in total. The molecular formula is C18H23N3O3S. The second kappa shape index (κ2) is 8.82. The molecule has 3 rings (SSSR count). The summed E-state index contributed by atoms with van der Waals surface area (Å²) in [6, 6.07) is 7.25. The SMILES string of the molecule is COc1ccccc1OCC(=O)Nc1nc(CN2CCCCC2)cs1. The van der Waals surface area contributed by atoms with Crippen LogP contribution in [0.1, 0.15) is 25.0 Å². The highest BCUT2D eigenvalue weighted by Gasteiger charge is 2.13. The van der Waals surface area contributed by atoms with E-state index in [0.29, 0.717) is 16.6 Å². The van der Waals surface area contributed by atoms with Crippen LogP contribution in [0, 0.1) is 0 Å². The molecule has 0 bridgehead atoms. The van der Waals surface area contributed by atoms with Crippen molar-refractivity contribution < 1.29 is 14.3 Å². The number of amides is 1. The highest BCUT2D eigenvalue weighted by atomic mass is 32.1. The zero-order valence-electron chi connectivity index (χ0n) is 14.4. The smallest absolute Gasteiger partial charge is 0.264 e. The summed E-state index contributed by atoms with van der Waals surface area (Å²) in [7, 11) is 1.57. The average Bonchev–Trinajstić information content (AvgIpc) is 3.07. The third-order valence-corrected chi connectivity index (χ3v) is 4.87. The lowest BCUT2D eigenvalue weighted by atomic mass is 10.1. The first-order valence-electron chi connectivity index (χ1n) is 8.47. The number of piperidine rings is 1. The summed E-state index contributed by atoms with van der Waals surface area (Å²) < 4.78 is 10.7. The number of para-hydroxylation sites is 2. The van der Waals surface area contributed by atoms with Gasteiger partial charge in [0.1, 0.15) is 0 Å². The number of carbonyl (C=O) groups excluding carboxylic acids is 1.